The van der Waals surface area contributed by atoms with E-state index >= 15 is 0 Å². The maximum absolute atomic E-state index is 6.05. The number of nitrogens with zero attached hydrogens (tertiary/aromatic N) is 2. The number of benzene rings is 2. The van der Waals surface area contributed by atoms with E-state index in [-0.39, 0.29) is 0 Å². The highest BCUT2D eigenvalue weighted by Gasteiger charge is 2.10. The number of halogens is 1. The summed E-state index contributed by atoms with van der Waals surface area (Å²) in [7, 11) is 1.93. The molecule has 0 fully saturated rings. The molecule has 0 aliphatic carbocycles. The van der Waals surface area contributed by atoms with Gasteiger partial charge in [0, 0.05) is 11.6 Å². The van der Waals surface area contributed by atoms with Crippen LogP contribution in [0, 0.1) is 0 Å². The van der Waals surface area contributed by atoms with Gasteiger partial charge < -0.3 is 9.88 Å². The average Bonchev–Trinajstić information content (AvgIpc) is 2.77. The molecule has 0 atom stereocenters. The molecule has 0 bridgehead atoms. The summed E-state index contributed by atoms with van der Waals surface area (Å²) < 4.78 is 2.23. The van der Waals surface area contributed by atoms with Crippen molar-refractivity contribution in [2.75, 3.05) is 7.05 Å². The molecule has 102 valence electrons. The second-order valence-corrected chi connectivity index (χ2v) is 5.20. The monoisotopic (exact) mass is 285 g/mol. The molecule has 4 heteroatoms. The first-order valence-electron chi connectivity index (χ1n) is 6.61. The van der Waals surface area contributed by atoms with Crippen LogP contribution in [0.3, 0.4) is 0 Å². The van der Waals surface area contributed by atoms with Gasteiger partial charge >= 0.3 is 0 Å². The highest BCUT2D eigenvalue weighted by molar-refractivity contribution is 6.31. The molecule has 0 aliphatic heterocycles. The van der Waals surface area contributed by atoms with Crippen LogP contribution in [0.2, 0.25) is 5.02 Å². The first-order chi connectivity index (χ1) is 9.78. The molecule has 0 radical (unpaired) electrons. The number of fused-ring (bicyclic) bond motifs is 1. The van der Waals surface area contributed by atoms with Gasteiger partial charge in [0.05, 0.1) is 17.6 Å². The van der Waals surface area contributed by atoms with Crippen molar-refractivity contribution in [3.8, 4) is 0 Å². The lowest BCUT2D eigenvalue weighted by Gasteiger charge is -2.09. The number of rotatable bonds is 4. The molecule has 0 amide bonds. The van der Waals surface area contributed by atoms with Crippen LogP contribution in [0.5, 0.6) is 0 Å². The van der Waals surface area contributed by atoms with Crippen molar-refractivity contribution in [1.29, 1.82) is 0 Å². The Labute approximate surface area is 123 Å². The van der Waals surface area contributed by atoms with Crippen LogP contribution in [0.15, 0.2) is 48.5 Å². The Morgan fingerprint density at radius 3 is 2.70 bits per heavy atom. The number of hydrogen-bond donors (Lipinski definition) is 1. The third kappa shape index (κ3) is 2.55. The van der Waals surface area contributed by atoms with E-state index in [1.165, 1.54) is 5.56 Å². The van der Waals surface area contributed by atoms with Crippen molar-refractivity contribution in [2.45, 2.75) is 13.1 Å². The second kappa shape index (κ2) is 5.65. The highest BCUT2D eigenvalue weighted by atomic mass is 35.5. The van der Waals surface area contributed by atoms with Gasteiger partial charge in [-0.3, -0.25) is 0 Å². The van der Waals surface area contributed by atoms with E-state index in [0.717, 1.165) is 35.0 Å². The third-order valence-corrected chi connectivity index (χ3v) is 3.54. The van der Waals surface area contributed by atoms with E-state index in [1.807, 2.05) is 31.3 Å². The van der Waals surface area contributed by atoms with Crippen LogP contribution in [0.1, 0.15) is 11.4 Å². The van der Waals surface area contributed by atoms with Crippen LogP contribution in [0.25, 0.3) is 11.0 Å². The molecule has 3 nitrogen and oxygen atoms in total. The molecule has 0 unspecified atom stereocenters. The Morgan fingerprint density at radius 1 is 1.15 bits per heavy atom. The van der Waals surface area contributed by atoms with Crippen molar-refractivity contribution >= 4 is 22.6 Å². The summed E-state index contributed by atoms with van der Waals surface area (Å²) >= 11 is 6.05. The molecule has 1 heterocycles. The summed E-state index contributed by atoms with van der Waals surface area (Å²) in [6.07, 6.45) is 0. The summed E-state index contributed by atoms with van der Waals surface area (Å²) in [6.45, 7) is 1.55. The smallest absolute Gasteiger partial charge is 0.124 e. The summed E-state index contributed by atoms with van der Waals surface area (Å²) in [6, 6.07) is 16.3. The summed E-state index contributed by atoms with van der Waals surface area (Å²) in [4.78, 5) is 4.68. The third-order valence-electron chi connectivity index (χ3n) is 3.31. The fourth-order valence-electron chi connectivity index (χ4n) is 2.39. The van der Waals surface area contributed by atoms with Crippen LogP contribution < -0.4 is 5.32 Å². The van der Waals surface area contributed by atoms with E-state index < -0.39 is 0 Å². The summed E-state index contributed by atoms with van der Waals surface area (Å²) in [5.74, 6) is 1.02. The number of nitrogens with one attached hydrogen (secondary N) is 1. The lowest BCUT2D eigenvalue weighted by molar-refractivity contribution is 0.686. The van der Waals surface area contributed by atoms with Crippen molar-refractivity contribution in [1.82, 2.24) is 14.9 Å². The van der Waals surface area contributed by atoms with E-state index in [2.05, 4.69) is 39.1 Å². The Bertz CT molecular complexity index is 719. The first-order valence-corrected chi connectivity index (χ1v) is 6.99. The Hall–Kier alpha value is -1.84. The number of hydrogen-bond acceptors (Lipinski definition) is 2. The topological polar surface area (TPSA) is 29.9 Å². The zero-order chi connectivity index (χ0) is 13.9. The Balaban J connectivity index is 2.09. The molecular weight excluding hydrogens is 270 g/mol. The molecule has 3 rings (SSSR count). The van der Waals surface area contributed by atoms with Gasteiger partial charge in [0.15, 0.2) is 0 Å². The molecule has 20 heavy (non-hydrogen) atoms. The van der Waals surface area contributed by atoms with Gasteiger partial charge in [-0.25, -0.2) is 4.98 Å². The van der Waals surface area contributed by atoms with Crippen molar-refractivity contribution in [3.05, 3.63) is 64.9 Å². The molecule has 1 aromatic heterocycles. The van der Waals surface area contributed by atoms with Crippen LogP contribution in [-0.2, 0) is 13.1 Å². The lowest BCUT2D eigenvalue weighted by Crippen LogP contribution is -2.13. The lowest BCUT2D eigenvalue weighted by atomic mass is 10.2. The molecule has 0 saturated heterocycles. The van der Waals surface area contributed by atoms with Crippen LogP contribution in [-0.4, -0.2) is 16.6 Å². The molecule has 1 N–H and O–H groups in total. The summed E-state index contributed by atoms with van der Waals surface area (Å²) in [5.41, 5.74) is 3.32. The molecule has 2 aromatic carbocycles. The van der Waals surface area contributed by atoms with Crippen molar-refractivity contribution in [2.24, 2.45) is 0 Å². The zero-order valence-corrected chi connectivity index (χ0v) is 12.1. The number of imidazole rings is 1. The predicted octanol–water partition coefficient (Wildman–Crippen LogP) is 3.46. The van der Waals surface area contributed by atoms with Crippen LogP contribution >= 0.6 is 11.6 Å². The highest BCUT2D eigenvalue weighted by Crippen LogP contribution is 2.21. The van der Waals surface area contributed by atoms with E-state index in [9.17, 15) is 0 Å². The molecule has 0 saturated carbocycles. The van der Waals surface area contributed by atoms with Gasteiger partial charge in [-0.05, 0) is 30.8 Å². The van der Waals surface area contributed by atoms with Gasteiger partial charge in [-0.2, -0.15) is 0 Å². The van der Waals surface area contributed by atoms with Crippen molar-refractivity contribution < 1.29 is 0 Å². The molecular formula is C16H16ClN3. The van der Waals surface area contributed by atoms with Gasteiger partial charge in [0.2, 0.25) is 0 Å². The van der Waals surface area contributed by atoms with E-state index in [0.29, 0.717) is 0 Å². The standard InChI is InChI=1S/C16H16ClN3/c1-18-10-16-19-14-9-13(17)7-8-15(14)20(16)11-12-5-3-2-4-6-12/h2-9,18H,10-11H2,1H3. The minimum atomic E-state index is 0.720. The SMILES string of the molecule is CNCc1nc2cc(Cl)ccc2n1Cc1ccccc1. The maximum atomic E-state index is 6.05. The minimum absolute atomic E-state index is 0.720. The maximum Gasteiger partial charge on any atom is 0.124 e. The van der Waals surface area contributed by atoms with Gasteiger partial charge in [-0.1, -0.05) is 41.9 Å². The molecule has 0 aliphatic rings. The zero-order valence-electron chi connectivity index (χ0n) is 11.3. The van der Waals surface area contributed by atoms with E-state index in [4.69, 9.17) is 11.6 Å². The summed E-state index contributed by atoms with van der Waals surface area (Å²) in [5, 5.41) is 3.89. The quantitative estimate of drug-likeness (QED) is 0.796. The van der Waals surface area contributed by atoms with Gasteiger partial charge in [0.1, 0.15) is 5.82 Å². The fourth-order valence-corrected chi connectivity index (χ4v) is 2.55. The Morgan fingerprint density at radius 2 is 1.95 bits per heavy atom. The second-order valence-electron chi connectivity index (χ2n) is 4.76. The first kappa shape index (κ1) is 13.2. The van der Waals surface area contributed by atoms with E-state index in [1.54, 1.807) is 0 Å². The molecule has 3 aromatic rings. The average molecular weight is 286 g/mol. The Kier molecular flexibility index (Phi) is 3.72. The van der Waals surface area contributed by atoms with Crippen molar-refractivity contribution in [3.63, 3.8) is 0 Å². The fraction of sp³-hybridized carbons (Fsp3) is 0.188. The van der Waals surface area contributed by atoms with Gasteiger partial charge in [-0.15, -0.1) is 0 Å². The number of aromatic nitrogens is 2. The largest absolute Gasteiger partial charge is 0.322 e. The van der Waals surface area contributed by atoms with Gasteiger partial charge in [0.25, 0.3) is 0 Å². The normalized spacial score (nSPS) is 11.1. The predicted molar refractivity (Wildman–Crippen MR) is 83.1 cm³/mol. The van der Waals surface area contributed by atoms with Crippen LogP contribution in [0.4, 0.5) is 0 Å². The minimum Gasteiger partial charge on any atom is -0.322 e. The molecule has 0 spiro atoms.